The lowest BCUT2D eigenvalue weighted by molar-refractivity contribution is -0.169. The Morgan fingerprint density at radius 1 is 1.12 bits per heavy atom. The molecule has 94 valence electrons. The van der Waals surface area contributed by atoms with Crippen molar-refractivity contribution in [2.24, 2.45) is 5.41 Å². The molecule has 0 aromatic rings. The predicted molar refractivity (Wildman–Crippen MR) is 57.2 cm³/mol. The molecule has 1 N–H and O–H groups in total. The standard InChI is InChI=1S/C12H20F3N/c1-10(2)5-3-4-9(8-10)16-11(6-7-11)12(13,14)15/h9,16H,3-8H2,1-2H3. The maximum atomic E-state index is 12.8. The molecule has 0 aliphatic heterocycles. The lowest BCUT2D eigenvalue weighted by atomic mass is 9.75. The van der Waals surface area contributed by atoms with E-state index in [-0.39, 0.29) is 24.3 Å². The fourth-order valence-electron chi connectivity index (χ4n) is 2.85. The molecule has 2 rings (SSSR count). The van der Waals surface area contributed by atoms with Gasteiger partial charge in [-0.15, -0.1) is 0 Å². The Morgan fingerprint density at radius 3 is 2.19 bits per heavy atom. The average molecular weight is 235 g/mol. The average Bonchev–Trinajstić information content (AvgIpc) is 2.81. The van der Waals surface area contributed by atoms with Crippen LogP contribution in [0.5, 0.6) is 0 Å². The SMILES string of the molecule is CC1(C)CCCC(NC2(C(F)(F)F)CC2)C1. The van der Waals surface area contributed by atoms with Crippen LogP contribution in [-0.4, -0.2) is 17.8 Å². The topological polar surface area (TPSA) is 12.0 Å². The Bertz CT molecular complexity index is 266. The molecule has 2 saturated carbocycles. The molecule has 1 unspecified atom stereocenters. The van der Waals surface area contributed by atoms with Gasteiger partial charge in [0.25, 0.3) is 0 Å². The Balaban J connectivity index is 1.95. The zero-order valence-corrected chi connectivity index (χ0v) is 9.95. The monoisotopic (exact) mass is 235 g/mol. The summed E-state index contributed by atoms with van der Waals surface area (Å²) >= 11 is 0. The molecule has 2 fully saturated rings. The van der Waals surface area contributed by atoms with Gasteiger partial charge in [-0.2, -0.15) is 13.2 Å². The Morgan fingerprint density at radius 2 is 1.75 bits per heavy atom. The molecule has 0 saturated heterocycles. The molecule has 0 aromatic heterocycles. The third kappa shape index (κ3) is 2.36. The highest BCUT2D eigenvalue weighted by Crippen LogP contribution is 2.50. The van der Waals surface area contributed by atoms with Crippen LogP contribution in [0.15, 0.2) is 0 Å². The number of halogens is 3. The van der Waals surface area contributed by atoms with Crippen molar-refractivity contribution in [3.63, 3.8) is 0 Å². The van der Waals surface area contributed by atoms with E-state index in [1.165, 1.54) is 0 Å². The predicted octanol–water partition coefficient (Wildman–Crippen LogP) is 3.64. The van der Waals surface area contributed by atoms with Crippen LogP contribution in [0.4, 0.5) is 13.2 Å². The summed E-state index contributed by atoms with van der Waals surface area (Å²) in [7, 11) is 0. The van der Waals surface area contributed by atoms with E-state index in [1.807, 2.05) is 0 Å². The molecule has 16 heavy (non-hydrogen) atoms. The summed E-state index contributed by atoms with van der Waals surface area (Å²) in [5, 5.41) is 2.88. The van der Waals surface area contributed by atoms with Crippen LogP contribution in [0.1, 0.15) is 52.4 Å². The highest BCUT2D eigenvalue weighted by atomic mass is 19.4. The van der Waals surface area contributed by atoms with Crippen molar-refractivity contribution < 1.29 is 13.2 Å². The summed E-state index contributed by atoms with van der Waals surface area (Å²) in [5.74, 6) is 0. The second kappa shape index (κ2) is 3.62. The fourth-order valence-corrected chi connectivity index (χ4v) is 2.85. The van der Waals surface area contributed by atoms with Crippen LogP contribution >= 0.6 is 0 Å². The molecule has 0 amide bonds. The van der Waals surface area contributed by atoms with Crippen molar-refractivity contribution in [2.45, 2.75) is 70.1 Å². The molecule has 0 heterocycles. The Hall–Kier alpha value is -0.250. The highest BCUT2D eigenvalue weighted by Gasteiger charge is 2.63. The molecular formula is C12H20F3N. The van der Waals surface area contributed by atoms with Crippen molar-refractivity contribution in [1.82, 2.24) is 5.32 Å². The molecule has 0 aromatic carbocycles. The van der Waals surface area contributed by atoms with E-state index in [4.69, 9.17) is 0 Å². The van der Waals surface area contributed by atoms with Gasteiger partial charge in [-0.05, 0) is 37.5 Å². The van der Waals surface area contributed by atoms with E-state index < -0.39 is 11.7 Å². The zero-order chi connectivity index (χ0) is 12.0. The number of alkyl halides is 3. The van der Waals surface area contributed by atoms with Crippen LogP contribution in [0.25, 0.3) is 0 Å². The lowest BCUT2D eigenvalue weighted by Gasteiger charge is -2.38. The Labute approximate surface area is 94.8 Å². The van der Waals surface area contributed by atoms with Crippen molar-refractivity contribution in [3.8, 4) is 0 Å². The second-order valence-electron chi connectivity index (χ2n) is 6.18. The van der Waals surface area contributed by atoms with Crippen molar-refractivity contribution >= 4 is 0 Å². The molecule has 2 aliphatic carbocycles. The van der Waals surface area contributed by atoms with Gasteiger partial charge in [-0.3, -0.25) is 0 Å². The summed E-state index contributed by atoms with van der Waals surface area (Å²) in [6.07, 6.45) is 0.365. The molecular weight excluding hydrogens is 215 g/mol. The van der Waals surface area contributed by atoms with Crippen LogP contribution in [-0.2, 0) is 0 Å². The van der Waals surface area contributed by atoms with Crippen LogP contribution in [0.3, 0.4) is 0 Å². The third-order valence-electron chi connectivity index (χ3n) is 3.98. The van der Waals surface area contributed by atoms with Gasteiger partial charge in [0.15, 0.2) is 0 Å². The summed E-state index contributed by atoms with van der Waals surface area (Å²) in [4.78, 5) is 0. The molecule has 0 bridgehead atoms. The van der Waals surface area contributed by atoms with E-state index in [0.29, 0.717) is 0 Å². The smallest absolute Gasteiger partial charge is 0.301 e. The van der Waals surface area contributed by atoms with Crippen LogP contribution < -0.4 is 5.32 Å². The summed E-state index contributed by atoms with van der Waals surface area (Å²) in [6.45, 7) is 4.29. The van der Waals surface area contributed by atoms with Gasteiger partial charge in [0.2, 0.25) is 0 Å². The number of hydrogen-bond acceptors (Lipinski definition) is 1. The normalized spacial score (nSPS) is 32.4. The van der Waals surface area contributed by atoms with Gasteiger partial charge in [0, 0.05) is 6.04 Å². The first kappa shape index (κ1) is 12.2. The minimum Gasteiger partial charge on any atom is -0.301 e. The number of rotatable bonds is 2. The van der Waals surface area contributed by atoms with Crippen molar-refractivity contribution in [2.75, 3.05) is 0 Å². The first-order valence-electron chi connectivity index (χ1n) is 6.09. The molecule has 0 spiro atoms. The quantitative estimate of drug-likeness (QED) is 0.770. The second-order valence-corrected chi connectivity index (χ2v) is 6.18. The van der Waals surface area contributed by atoms with E-state index in [1.54, 1.807) is 0 Å². The minimum absolute atomic E-state index is 0.0490. The lowest BCUT2D eigenvalue weighted by Crippen LogP contribution is -2.51. The molecule has 1 nitrogen and oxygen atoms in total. The molecule has 2 aliphatic rings. The van der Waals surface area contributed by atoms with E-state index in [0.717, 1.165) is 25.7 Å². The summed E-state index contributed by atoms with van der Waals surface area (Å²) < 4.78 is 38.3. The maximum Gasteiger partial charge on any atom is 0.406 e. The van der Waals surface area contributed by atoms with Gasteiger partial charge < -0.3 is 5.32 Å². The number of nitrogens with one attached hydrogen (secondary N) is 1. The highest BCUT2D eigenvalue weighted by molar-refractivity contribution is 5.09. The van der Waals surface area contributed by atoms with Gasteiger partial charge in [0.1, 0.15) is 5.54 Å². The molecule has 0 radical (unpaired) electrons. The molecule has 1 atom stereocenters. The summed E-state index contributed by atoms with van der Waals surface area (Å²) in [5.41, 5.74) is -1.34. The van der Waals surface area contributed by atoms with Crippen molar-refractivity contribution in [3.05, 3.63) is 0 Å². The van der Waals surface area contributed by atoms with Gasteiger partial charge in [-0.1, -0.05) is 20.3 Å². The fraction of sp³-hybridized carbons (Fsp3) is 1.00. The summed E-state index contributed by atoms with van der Waals surface area (Å²) in [6, 6.07) is 0.0490. The zero-order valence-electron chi connectivity index (χ0n) is 9.95. The third-order valence-corrected chi connectivity index (χ3v) is 3.98. The van der Waals surface area contributed by atoms with Crippen LogP contribution in [0, 0.1) is 5.41 Å². The van der Waals surface area contributed by atoms with Gasteiger partial charge in [0.05, 0.1) is 0 Å². The van der Waals surface area contributed by atoms with Gasteiger partial charge in [-0.25, -0.2) is 0 Å². The molecule has 4 heteroatoms. The van der Waals surface area contributed by atoms with Gasteiger partial charge >= 0.3 is 6.18 Å². The van der Waals surface area contributed by atoms with Crippen LogP contribution in [0.2, 0.25) is 0 Å². The first-order chi connectivity index (χ1) is 7.24. The van der Waals surface area contributed by atoms with E-state index in [9.17, 15) is 13.2 Å². The van der Waals surface area contributed by atoms with E-state index >= 15 is 0 Å². The largest absolute Gasteiger partial charge is 0.406 e. The minimum atomic E-state index is -4.07. The van der Waals surface area contributed by atoms with Crippen molar-refractivity contribution in [1.29, 1.82) is 0 Å². The maximum absolute atomic E-state index is 12.8. The van der Waals surface area contributed by atoms with E-state index in [2.05, 4.69) is 19.2 Å². The number of hydrogen-bond donors (Lipinski definition) is 1. The first-order valence-corrected chi connectivity index (χ1v) is 6.09. The Kier molecular flexibility index (Phi) is 2.76.